The van der Waals surface area contributed by atoms with Crippen molar-refractivity contribution in [1.82, 2.24) is 10.2 Å². The molecule has 1 aromatic rings. The monoisotopic (exact) mass is 378 g/mol. The van der Waals surface area contributed by atoms with Crippen LogP contribution in [-0.4, -0.2) is 48.6 Å². The zero-order chi connectivity index (χ0) is 18.9. The van der Waals surface area contributed by atoms with Crippen molar-refractivity contribution in [3.63, 3.8) is 0 Å². The average molecular weight is 379 g/mol. The van der Waals surface area contributed by atoms with Crippen LogP contribution in [0.1, 0.15) is 32.8 Å². The van der Waals surface area contributed by atoms with Gasteiger partial charge >= 0.3 is 0 Å². The van der Waals surface area contributed by atoms with E-state index in [1.54, 1.807) is 0 Å². The zero-order valence-corrected chi connectivity index (χ0v) is 16.4. The normalized spacial score (nSPS) is 25.7. The fourth-order valence-electron chi connectivity index (χ4n) is 4.29. The first kappa shape index (κ1) is 19.2. The smallest absolute Gasteiger partial charge is 0.228 e. The van der Waals surface area contributed by atoms with Gasteiger partial charge in [0.25, 0.3) is 0 Å². The summed E-state index contributed by atoms with van der Waals surface area (Å²) in [5.41, 5.74) is 0.111. The number of carbonyl (C=O) groups is 2. The van der Waals surface area contributed by atoms with Crippen LogP contribution in [-0.2, 0) is 20.7 Å². The van der Waals surface area contributed by atoms with Gasteiger partial charge < -0.3 is 15.0 Å². The van der Waals surface area contributed by atoms with E-state index in [0.29, 0.717) is 37.7 Å². The summed E-state index contributed by atoms with van der Waals surface area (Å²) in [6.07, 6.45) is 1.51. The Labute approximate surface area is 160 Å². The number of hydrogen-bond donors (Lipinski definition) is 1. The number of ether oxygens (including phenoxy) is 1. The van der Waals surface area contributed by atoms with Crippen molar-refractivity contribution in [2.45, 2.75) is 39.2 Å². The molecule has 2 fully saturated rings. The summed E-state index contributed by atoms with van der Waals surface area (Å²) < 4.78 is 5.64. The lowest BCUT2D eigenvalue weighted by Crippen LogP contribution is -2.59. The molecule has 1 N–H and O–H groups in total. The lowest BCUT2D eigenvalue weighted by molar-refractivity contribution is -0.140. The highest BCUT2D eigenvalue weighted by atomic mass is 35.5. The molecule has 0 spiro atoms. The molecule has 2 amide bonds. The predicted molar refractivity (Wildman–Crippen MR) is 101 cm³/mol. The van der Waals surface area contributed by atoms with Crippen LogP contribution in [0.3, 0.4) is 0 Å². The van der Waals surface area contributed by atoms with Crippen LogP contribution < -0.4 is 5.32 Å². The number of hydrogen-bond acceptors (Lipinski definition) is 3. The molecule has 26 heavy (non-hydrogen) atoms. The Kier molecular flexibility index (Phi) is 5.31. The number of nitrogens with one attached hydrogen (secondary N) is 1. The summed E-state index contributed by atoms with van der Waals surface area (Å²) in [6.45, 7) is 7.82. The van der Waals surface area contributed by atoms with Crippen molar-refractivity contribution in [1.29, 1.82) is 0 Å². The second-order valence-corrected chi connectivity index (χ2v) is 8.68. The molecule has 2 heterocycles. The second kappa shape index (κ2) is 7.20. The lowest BCUT2D eigenvalue weighted by Gasteiger charge is -2.38. The van der Waals surface area contributed by atoms with Crippen LogP contribution in [0.15, 0.2) is 24.3 Å². The Balaban J connectivity index is 1.74. The topological polar surface area (TPSA) is 58.6 Å². The van der Waals surface area contributed by atoms with Crippen molar-refractivity contribution in [3.8, 4) is 0 Å². The number of carbonyl (C=O) groups excluding carboxylic acids is 2. The highest BCUT2D eigenvalue weighted by Gasteiger charge is 2.51. The number of amides is 2. The molecule has 0 saturated carbocycles. The quantitative estimate of drug-likeness (QED) is 0.876. The molecule has 2 saturated heterocycles. The summed E-state index contributed by atoms with van der Waals surface area (Å²) in [5.74, 6) is 0.289. The van der Waals surface area contributed by atoms with E-state index in [1.807, 2.05) is 43.0 Å². The van der Waals surface area contributed by atoms with Gasteiger partial charge in [0.2, 0.25) is 11.8 Å². The number of fused-ring (bicyclic) bond motifs is 1. The van der Waals surface area contributed by atoms with Gasteiger partial charge in [0, 0.05) is 43.0 Å². The molecule has 0 aliphatic carbocycles. The Morgan fingerprint density at radius 2 is 2.04 bits per heavy atom. The third-order valence-electron chi connectivity index (χ3n) is 5.52. The Hall–Kier alpha value is -1.59. The molecule has 0 aromatic heterocycles. The highest BCUT2D eigenvalue weighted by Crippen LogP contribution is 2.37. The van der Waals surface area contributed by atoms with Crippen LogP contribution in [0.4, 0.5) is 0 Å². The van der Waals surface area contributed by atoms with E-state index >= 15 is 0 Å². The van der Waals surface area contributed by atoms with Gasteiger partial charge in [0.05, 0.1) is 12.1 Å². The lowest BCUT2D eigenvalue weighted by atomic mass is 9.83. The average Bonchev–Trinajstić information content (AvgIpc) is 2.94. The molecule has 5 nitrogen and oxygen atoms in total. The zero-order valence-electron chi connectivity index (χ0n) is 15.7. The maximum atomic E-state index is 13.3. The van der Waals surface area contributed by atoms with E-state index < -0.39 is 11.0 Å². The van der Waals surface area contributed by atoms with Crippen molar-refractivity contribution < 1.29 is 14.3 Å². The van der Waals surface area contributed by atoms with Crippen molar-refractivity contribution in [2.75, 3.05) is 26.3 Å². The minimum atomic E-state index is -0.528. The van der Waals surface area contributed by atoms with Gasteiger partial charge in [0.1, 0.15) is 0 Å². The van der Waals surface area contributed by atoms with Gasteiger partial charge in [-0.3, -0.25) is 9.59 Å². The molecule has 2 atom stereocenters. The Morgan fingerprint density at radius 1 is 1.35 bits per heavy atom. The standard InChI is InChI=1S/C20H27ClN2O3/c1-14(24)22-20-12-23(11-16(20)8-9-26-13-20)18(25)19(2,3)10-15-4-6-17(21)7-5-15/h4-7,16H,8-13H2,1-3H3,(H,22,24). The molecule has 142 valence electrons. The number of rotatable bonds is 4. The number of nitrogens with zero attached hydrogens (tertiary/aromatic N) is 1. The molecule has 3 rings (SSSR count). The van der Waals surface area contributed by atoms with E-state index in [4.69, 9.17) is 16.3 Å². The third kappa shape index (κ3) is 3.89. The molecule has 2 aliphatic heterocycles. The van der Waals surface area contributed by atoms with Crippen LogP contribution in [0, 0.1) is 11.3 Å². The molecule has 6 heteroatoms. The summed E-state index contributed by atoms with van der Waals surface area (Å²) in [6, 6.07) is 7.64. The molecule has 2 aliphatic rings. The summed E-state index contributed by atoms with van der Waals surface area (Å²) in [4.78, 5) is 26.9. The third-order valence-corrected chi connectivity index (χ3v) is 5.77. The summed E-state index contributed by atoms with van der Waals surface area (Å²) in [7, 11) is 0. The minimum Gasteiger partial charge on any atom is -0.379 e. The molecule has 1 aromatic carbocycles. The minimum absolute atomic E-state index is 0.0739. The number of halogens is 1. The predicted octanol–water partition coefficient (Wildman–Crippen LogP) is 2.66. The van der Waals surface area contributed by atoms with Crippen LogP contribution >= 0.6 is 11.6 Å². The van der Waals surface area contributed by atoms with E-state index in [2.05, 4.69) is 5.32 Å². The van der Waals surface area contributed by atoms with Gasteiger partial charge in [-0.1, -0.05) is 37.6 Å². The molecule has 0 radical (unpaired) electrons. The SMILES string of the molecule is CC(=O)NC12COCCC1CN(C(=O)C(C)(C)Cc1ccc(Cl)cc1)C2. The number of benzene rings is 1. The fourth-order valence-corrected chi connectivity index (χ4v) is 4.41. The summed E-state index contributed by atoms with van der Waals surface area (Å²) >= 11 is 5.95. The van der Waals surface area contributed by atoms with Crippen molar-refractivity contribution >= 4 is 23.4 Å². The first-order valence-corrected chi connectivity index (χ1v) is 9.50. The largest absolute Gasteiger partial charge is 0.379 e. The van der Waals surface area contributed by atoms with Gasteiger partial charge in [-0.2, -0.15) is 0 Å². The molecular weight excluding hydrogens is 352 g/mol. The Bertz CT molecular complexity index is 689. The maximum Gasteiger partial charge on any atom is 0.228 e. The van der Waals surface area contributed by atoms with Crippen LogP contribution in [0.5, 0.6) is 0 Å². The van der Waals surface area contributed by atoms with Gasteiger partial charge in [-0.15, -0.1) is 0 Å². The van der Waals surface area contributed by atoms with Crippen LogP contribution in [0.25, 0.3) is 0 Å². The van der Waals surface area contributed by atoms with Crippen LogP contribution in [0.2, 0.25) is 5.02 Å². The van der Waals surface area contributed by atoms with E-state index in [1.165, 1.54) is 6.92 Å². The Morgan fingerprint density at radius 3 is 2.69 bits per heavy atom. The van der Waals surface area contributed by atoms with Crippen molar-refractivity contribution in [3.05, 3.63) is 34.9 Å². The van der Waals surface area contributed by atoms with Crippen molar-refractivity contribution in [2.24, 2.45) is 11.3 Å². The number of likely N-dealkylation sites (tertiary alicyclic amines) is 1. The molecule has 0 bridgehead atoms. The first-order valence-electron chi connectivity index (χ1n) is 9.12. The van der Waals surface area contributed by atoms with Gasteiger partial charge in [-0.05, 0) is 30.5 Å². The van der Waals surface area contributed by atoms with Gasteiger partial charge in [-0.25, -0.2) is 0 Å². The van der Waals surface area contributed by atoms with E-state index in [-0.39, 0.29) is 17.7 Å². The van der Waals surface area contributed by atoms with E-state index in [0.717, 1.165) is 12.0 Å². The first-order chi connectivity index (χ1) is 12.2. The fraction of sp³-hybridized carbons (Fsp3) is 0.600. The van der Waals surface area contributed by atoms with Gasteiger partial charge in [0.15, 0.2) is 0 Å². The van der Waals surface area contributed by atoms with E-state index in [9.17, 15) is 9.59 Å². The maximum absolute atomic E-state index is 13.3. The highest BCUT2D eigenvalue weighted by molar-refractivity contribution is 6.30. The second-order valence-electron chi connectivity index (χ2n) is 8.25. The summed E-state index contributed by atoms with van der Waals surface area (Å²) in [5, 5.41) is 3.77. The molecular formula is C20H27ClN2O3. The molecule has 2 unspecified atom stereocenters.